The number of amides is 2. The highest BCUT2D eigenvalue weighted by atomic mass is 35.5. The number of hydrogen-bond acceptors (Lipinski definition) is 6. The Balaban J connectivity index is 2.17. The van der Waals surface area contributed by atoms with Crippen LogP contribution in [-0.2, 0) is 10.3 Å². The molecule has 0 aliphatic carbocycles. The number of unbranched alkanes of at least 4 members (excludes halogenated alkanes) is 1. The molecular weight excluding hydrogens is 442 g/mol. The van der Waals surface area contributed by atoms with Gasteiger partial charge in [0.2, 0.25) is 0 Å². The molecule has 2 amide bonds. The molecule has 3 N–H and O–H groups in total. The summed E-state index contributed by atoms with van der Waals surface area (Å²) in [7, 11) is 0. The SMILES string of the molecule is CC(C)C(C)(NC(=O)c1ccsc1)c1cn(C(CCCCNC(=O)O)C(=O)CCl)nn1. The zero-order valence-corrected chi connectivity index (χ0v) is 19.4. The lowest BCUT2D eigenvalue weighted by molar-refractivity contribution is -0.120. The van der Waals surface area contributed by atoms with Crippen molar-refractivity contribution in [2.45, 2.75) is 51.6 Å². The molecule has 170 valence electrons. The smallest absolute Gasteiger partial charge is 0.404 e. The predicted octanol–water partition coefficient (Wildman–Crippen LogP) is 3.43. The molecule has 0 aliphatic heterocycles. The summed E-state index contributed by atoms with van der Waals surface area (Å²) in [4.78, 5) is 35.6. The Kier molecular flexibility index (Phi) is 9.00. The van der Waals surface area contributed by atoms with E-state index in [-0.39, 0.29) is 23.5 Å². The third-order valence-corrected chi connectivity index (χ3v) is 6.30. The number of rotatable bonds is 12. The fourth-order valence-electron chi connectivity index (χ4n) is 3.06. The molecule has 0 aliphatic rings. The summed E-state index contributed by atoms with van der Waals surface area (Å²) >= 11 is 7.24. The number of carbonyl (C=O) groups is 3. The Hall–Kier alpha value is -2.46. The van der Waals surface area contributed by atoms with Gasteiger partial charge in [-0.25, -0.2) is 9.48 Å². The van der Waals surface area contributed by atoms with Gasteiger partial charge in [-0.15, -0.1) is 16.7 Å². The highest BCUT2D eigenvalue weighted by Gasteiger charge is 2.36. The summed E-state index contributed by atoms with van der Waals surface area (Å²) in [5.74, 6) is -0.558. The molecule has 0 aromatic carbocycles. The number of nitrogens with zero attached hydrogens (tertiary/aromatic N) is 3. The molecule has 0 radical (unpaired) electrons. The van der Waals surface area contributed by atoms with E-state index in [1.807, 2.05) is 26.2 Å². The molecule has 0 saturated heterocycles. The zero-order chi connectivity index (χ0) is 23.0. The first-order valence-corrected chi connectivity index (χ1v) is 11.5. The number of nitrogens with one attached hydrogen (secondary N) is 2. The van der Waals surface area contributed by atoms with E-state index >= 15 is 0 Å². The first-order valence-electron chi connectivity index (χ1n) is 10.0. The van der Waals surface area contributed by atoms with Gasteiger partial charge >= 0.3 is 6.09 Å². The van der Waals surface area contributed by atoms with Crippen molar-refractivity contribution in [3.05, 3.63) is 34.3 Å². The van der Waals surface area contributed by atoms with E-state index in [2.05, 4.69) is 20.9 Å². The number of halogens is 1. The van der Waals surface area contributed by atoms with Crippen LogP contribution in [0.3, 0.4) is 0 Å². The number of aromatic nitrogens is 3. The van der Waals surface area contributed by atoms with Gasteiger partial charge in [0.05, 0.1) is 23.2 Å². The Labute approximate surface area is 190 Å². The summed E-state index contributed by atoms with van der Waals surface area (Å²) in [6, 6.07) is 1.15. The van der Waals surface area contributed by atoms with Crippen LogP contribution in [0.5, 0.6) is 0 Å². The van der Waals surface area contributed by atoms with Crippen molar-refractivity contribution in [3.63, 3.8) is 0 Å². The molecule has 31 heavy (non-hydrogen) atoms. The minimum absolute atomic E-state index is 0.00417. The van der Waals surface area contributed by atoms with Gasteiger partial charge in [-0.1, -0.05) is 19.1 Å². The molecule has 2 aromatic heterocycles. The molecule has 0 saturated carbocycles. The van der Waals surface area contributed by atoms with Crippen LogP contribution in [0.4, 0.5) is 4.79 Å². The predicted molar refractivity (Wildman–Crippen MR) is 119 cm³/mol. The van der Waals surface area contributed by atoms with Crippen LogP contribution >= 0.6 is 22.9 Å². The van der Waals surface area contributed by atoms with Gasteiger partial charge in [-0.3, -0.25) is 9.59 Å². The molecule has 2 unspecified atom stereocenters. The number of carboxylic acid groups (broad SMARTS) is 1. The van der Waals surface area contributed by atoms with Crippen LogP contribution < -0.4 is 10.6 Å². The van der Waals surface area contributed by atoms with Gasteiger partial charge in [0.1, 0.15) is 11.7 Å². The fourth-order valence-corrected chi connectivity index (χ4v) is 3.87. The normalized spacial score (nSPS) is 14.1. The minimum atomic E-state index is -1.08. The van der Waals surface area contributed by atoms with E-state index in [9.17, 15) is 14.4 Å². The summed E-state index contributed by atoms with van der Waals surface area (Å²) < 4.78 is 1.49. The average Bonchev–Trinajstić information content (AvgIpc) is 3.42. The van der Waals surface area contributed by atoms with Gasteiger partial charge in [-0.2, -0.15) is 11.3 Å². The van der Waals surface area contributed by atoms with Gasteiger partial charge < -0.3 is 15.7 Å². The molecule has 2 heterocycles. The van der Waals surface area contributed by atoms with E-state index in [0.29, 0.717) is 37.1 Å². The van der Waals surface area contributed by atoms with Crippen LogP contribution in [0.2, 0.25) is 0 Å². The van der Waals surface area contributed by atoms with Crippen molar-refractivity contribution in [2.75, 3.05) is 12.4 Å². The maximum atomic E-state index is 12.7. The number of ketones is 1. The van der Waals surface area contributed by atoms with Crippen molar-refractivity contribution in [1.29, 1.82) is 0 Å². The summed E-state index contributed by atoms with van der Waals surface area (Å²) in [5, 5.41) is 26.0. The second kappa shape index (κ2) is 11.2. The molecular formula is C20H28ClN5O4S. The monoisotopic (exact) mass is 469 g/mol. The lowest BCUT2D eigenvalue weighted by atomic mass is 9.85. The lowest BCUT2D eigenvalue weighted by Gasteiger charge is -2.32. The van der Waals surface area contributed by atoms with E-state index in [1.54, 1.807) is 17.6 Å². The van der Waals surface area contributed by atoms with Crippen LogP contribution in [0.1, 0.15) is 62.1 Å². The Bertz CT molecular complexity index is 886. The first kappa shape index (κ1) is 24.8. The standard InChI is InChI=1S/C20H28ClN5O4S/c1-13(2)20(3,23-18(28)14-7-9-31-12-14)17-11-26(25-24-17)15(16(27)10-21)6-4-5-8-22-19(29)30/h7,9,11-13,15,22H,4-6,8,10H2,1-3H3,(H,23,28)(H,29,30). The maximum Gasteiger partial charge on any atom is 0.404 e. The molecule has 2 aromatic rings. The largest absolute Gasteiger partial charge is 0.465 e. The first-order chi connectivity index (χ1) is 14.7. The topological polar surface area (TPSA) is 126 Å². The number of hydrogen-bond donors (Lipinski definition) is 3. The molecule has 11 heteroatoms. The number of carbonyl (C=O) groups excluding carboxylic acids is 2. The van der Waals surface area contributed by atoms with E-state index in [1.165, 1.54) is 16.0 Å². The molecule has 0 spiro atoms. The summed E-state index contributed by atoms with van der Waals surface area (Å²) in [6.45, 7) is 6.14. The van der Waals surface area contributed by atoms with Crippen LogP contribution in [0.25, 0.3) is 0 Å². The fraction of sp³-hybridized carbons (Fsp3) is 0.550. The molecule has 2 atom stereocenters. The molecule has 9 nitrogen and oxygen atoms in total. The van der Waals surface area contributed by atoms with Gasteiger partial charge in [0.25, 0.3) is 5.91 Å². The van der Waals surface area contributed by atoms with E-state index < -0.39 is 17.7 Å². The minimum Gasteiger partial charge on any atom is -0.465 e. The van der Waals surface area contributed by atoms with E-state index in [4.69, 9.17) is 16.7 Å². The van der Waals surface area contributed by atoms with Gasteiger partial charge in [-0.05, 0) is 43.6 Å². The second-order valence-corrected chi connectivity index (χ2v) is 8.80. The van der Waals surface area contributed by atoms with Crippen molar-refractivity contribution >= 4 is 40.7 Å². The third-order valence-electron chi connectivity index (χ3n) is 5.36. The zero-order valence-electron chi connectivity index (χ0n) is 17.8. The van der Waals surface area contributed by atoms with Gasteiger partial charge in [0, 0.05) is 11.9 Å². The summed E-state index contributed by atoms with van der Waals surface area (Å²) in [6.07, 6.45) is 2.25. The quantitative estimate of drug-likeness (QED) is 0.323. The van der Waals surface area contributed by atoms with E-state index in [0.717, 1.165) is 0 Å². The Morgan fingerprint density at radius 2 is 2.06 bits per heavy atom. The summed E-state index contributed by atoms with van der Waals surface area (Å²) in [5.41, 5.74) is 0.331. The third kappa shape index (κ3) is 6.51. The average molecular weight is 470 g/mol. The lowest BCUT2D eigenvalue weighted by Crippen LogP contribution is -2.47. The van der Waals surface area contributed by atoms with Crippen LogP contribution in [0.15, 0.2) is 23.0 Å². The second-order valence-electron chi connectivity index (χ2n) is 7.75. The number of Topliss-reactive ketones (excluding diaryl/α,β-unsaturated/α-hetero) is 1. The number of thiophene rings is 1. The van der Waals surface area contributed by atoms with Crippen molar-refractivity contribution in [2.24, 2.45) is 5.92 Å². The molecule has 2 rings (SSSR count). The van der Waals surface area contributed by atoms with Crippen molar-refractivity contribution < 1.29 is 19.5 Å². The molecule has 0 fully saturated rings. The van der Waals surface area contributed by atoms with Crippen LogP contribution in [-0.4, -0.2) is 50.3 Å². The highest BCUT2D eigenvalue weighted by molar-refractivity contribution is 7.08. The Morgan fingerprint density at radius 3 is 2.65 bits per heavy atom. The number of alkyl halides is 1. The van der Waals surface area contributed by atoms with Crippen LogP contribution in [0, 0.1) is 5.92 Å². The Morgan fingerprint density at radius 1 is 1.32 bits per heavy atom. The van der Waals surface area contributed by atoms with Gasteiger partial charge in [0.15, 0.2) is 5.78 Å². The van der Waals surface area contributed by atoms with Crippen molar-refractivity contribution in [1.82, 2.24) is 25.6 Å². The molecule has 0 bridgehead atoms. The van der Waals surface area contributed by atoms with Crippen molar-refractivity contribution in [3.8, 4) is 0 Å². The maximum absolute atomic E-state index is 12.7. The highest BCUT2D eigenvalue weighted by Crippen LogP contribution is 2.29.